The topological polar surface area (TPSA) is 123 Å². The standard InChI is InChI=1S/C18H26N4O3.C2HF3O2/c1-13(2)20-17(25)21-9-5-7-18(16(23)24)12-22(11-14(18)10-21)15-6-3-4-8-19-15;3-2(4,5)1(6)7/h3-4,6,8,13-14H,5,7,9-12H2,1-2H3,(H,20,25)(H,23,24);(H,6,7)/t14-,18-;/m0./s1. The molecule has 2 fully saturated rings. The van der Waals surface area contributed by atoms with Gasteiger partial charge in [0.2, 0.25) is 0 Å². The molecule has 0 spiro atoms. The Morgan fingerprint density at radius 2 is 1.88 bits per heavy atom. The van der Waals surface area contributed by atoms with Crippen LogP contribution in [0.15, 0.2) is 24.4 Å². The molecular weight excluding hydrogens is 433 g/mol. The van der Waals surface area contributed by atoms with E-state index >= 15 is 0 Å². The van der Waals surface area contributed by atoms with Crippen molar-refractivity contribution in [1.82, 2.24) is 15.2 Å². The van der Waals surface area contributed by atoms with Gasteiger partial charge in [0.15, 0.2) is 0 Å². The van der Waals surface area contributed by atoms with E-state index in [4.69, 9.17) is 9.90 Å². The van der Waals surface area contributed by atoms with Gasteiger partial charge in [-0.15, -0.1) is 0 Å². The lowest BCUT2D eigenvalue weighted by atomic mass is 9.75. The number of nitrogens with one attached hydrogen (secondary N) is 1. The lowest BCUT2D eigenvalue weighted by Gasteiger charge is -2.29. The van der Waals surface area contributed by atoms with Crippen molar-refractivity contribution in [3.8, 4) is 0 Å². The quantitative estimate of drug-likeness (QED) is 0.633. The van der Waals surface area contributed by atoms with Crippen molar-refractivity contribution < 1.29 is 37.8 Å². The average Bonchev–Trinajstić information content (AvgIpc) is 2.97. The van der Waals surface area contributed by atoms with E-state index in [1.807, 2.05) is 36.9 Å². The molecule has 0 aliphatic carbocycles. The van der Waals surface area contributed by atoms with E-state index in [0.717, 1.165) is 5.82 Å². The van der Waals surface area contributed by atoms with Crippen molar-refractivity contribution in [3.05, 3.63) is 24.4 Å². The fourth-order valence-corrected chi connectivity index (χ4v) is 4.02. The molecule has 2 amide bonds. The maximum Gasteiger partial charge on any atom is 0.490 e. The number of carboxylic acid groups (broad SMARTS) is 2. The highest BCUT2D eigenvalue weighted by molar-refractivity contribution is 5.78. The number of pyridine rings is 1. The highest BCUT2D eigenvalue weighted by Gasteiger charge is 2.54. The first-order chi connectivity index (χ1) is 14.9. The Hall–Kier alpha value is -3.05. The first kappa shape index (κ1) is 25.2. The third-order valence-corrected chi connectivity index (χ3v) is 5.53. The molecule has 3 rings (SSSR count). The minimum atomic E-state index is -5.08. The van der Waals surface area contributed by atoms with Gasteiger partial charge in [0.1, 0.15) is 5.82 Å². The van der Waals surface area contributed by atoms with Crippen LogP contribution in [0.4, 0.5) is 23.8 Å². The van der Waals surface area contributed by atoms with Crippen LogP contribution in [-0.2, 0) is 9.59 Å². The van der Waals surface area contributed by atoms with Gasteiger partial charge >= 0.3 is 24.1 Å². The Kier molecular flexibility index (Phi) is 7.92. The summed E-state index contributed by atoms with van der Waals surface area (Å²) in [5, 5.41) is 20.0. The minimum Gasteiger partial charge on any atom is -0.481 e. The number of anilines is 1. The number of rotatable bonds is 3. The van der Waals surface area contributed by atoms with Crippen LogP contribution in [0, 0.1) is 11.3 Å². The number of aromatic nitrogens is 1. The molecule has 0 radical (unpaired) electrons. The smallest absolute Gasteiger partial charge is 0.481 e. The molecule has 32 heavy (non-hydrogen) atoms. The number of urea groups is 1. The highest BCUT2D eigenvalue weighted by Crippen LogP contribution is 2.44. The number of aliphatic carboxylic acids is 2. The van der Waals surface area contributed by atoms with E-state index in [9.17, 15) is 27.9 Å². The molecule has 9 nitrogen and oxygen atoms in total. The molecule has 3 N–H and O–H groups in total. The fraction of sp³-hybridized carbons (Fsp3) is 0.600. The van der Waals surface area contributed by atoms with E-state index in [1.54, 1.807) is 11.1 Å². The Labute approximate surface area is 183 Å². The lowest BCUT2D eigenvalue weighted by Crippen LogP contribution is -2.47. The van der Waals surface area contributed by atoms with Gasteiger partial charge < -0.3 is 25.3 Å². The summed E-state index contributed by atoms with van der Waals surface area (Å²) in [5.74, 6) is -2.82. The Bertz CT molecular complexity index is 821. The lowest BCUT2D eigenvalue weighted by molar-refractivity contribution is -0.192. The van der Waals surface area contributed by atoms with E-state index < -0.39 is 23.5 Å². The molecule has 3 heterocycles. The largest absolute Gasteiger partial charge is 0.490 e. The maximum absolute atomic E-state index is 12.4. The molecule has 2 saturated heterocycles. The third-order valence-electron chi connectivity index (χ3n) is 5.53. The molecular formula is C20H27F3N4O5. The van der Waals surface area contributed by atoms with E-state index in [2.05, 4.69) is 10.3 Å². The van der Waals surface area contributed by atoms with Crippen LogP contribution >= 0.6 is 0 Å². The van der Waals surface area contributed by atoms with Gasteiger partial charge in [-0.3, -0.25) is 4.79 Å². The predicted molar refractivity (Wildman–Crippen MR) is 108 cm³/mol. The van der Waals surface area contributed by atoms with Crippen molar-refractivity contribution in [2.24, 2.45) is 11.3 Å². The van der Waals surface area contributed by atoms with Crippen molar-refractivity contribution in [2.75, 3.05) is 31.1 Å². The minimum absolute atomic E-state index is 0.0635. The zero-order valence-corrected chi connectivity index (χ0v) is 17.8. The zero-order valence-electron chi connectivity index (χ0n) is 17.8. The number of nitrogens with zero attached hydrogens (tertiary/aromatic N) is 3. The van der Waals surface area contributed by atoms with Gasteiger partial charge in [-0.1, -0.05) is 6.07 Å². The summed E-state index contributed by atoms with van der Waals surface area (Å²) in [5.41, 5.74) is -0.815. The van der Waals surface area contributed by atoms with E-state index in [0.29, 0.717) is 39.0 Å². The van der Waals surface area contributed by atoms with Gasteiger partial charge in [0.25, 0.3) is 0 Å². The van der Waals surface area contributed by atoms with Gasteiger partial charge in [0.05, 0.1) is 5.41 Å². The Morgan fingerprint density at radius 3 is 2.38 bits per heavy atom. The number of alkyl halides is 3. The number of hydrogen-bond acceptors (Lipinski definition) is 5. The molecule has 2 aliphatic heterocycles. The summed E-state index contributed by atoms with van der Waals surface area (Å²) in [6.07, 6.45) is -2.08. The van der Waals surface area contributed by atoms with Crippen molar-refractivity contribution in [3.63, 3.8) is 0 Å². The van der Waals surface area contributed by atoms with E-state index in [1.165, 1.54) is 0 Å². The van der Waals surface area contributed by atoms with Gasteiger partial charge in [0, 0.05) is 44.3 Å². The summed E-state index contributed by atoms with van der Waals surface area (Å²) in [6, 6.07) is 5.62. The molecule has 1 aromatic rings. The number of fused-ring (bicyclic) bond motifs is 1. The first-order valence-corrected chi connectivity index (χ1v) is 10.1. The van der Waals surface area contributed by atoms with Crippen LogP contribution in [0.2, 0.25) is 0 Å². The van der Waals surface area contributed by atoms with Gasteiger partial charge in [-0.2, -0.15) is 13.2 Å². The fourth-order valence-electron chi connectivity index (χ4n) is 4.02. The van der Waals surface area contributed by atoms with Crippen molar-refractivity contribution in [2.45, 2.75) is 38.9 Å². The first-order valence-electron chi connectivity index (χ1n) is 10.1. The normalized spacial score (nSPS) is 23.0. The van der Waals surface area contributed by atoms with Gasteiger partial charge in [-0.05, 0) is 38.8 Å². The molecule has 1 aromatic heterocycles. The number of amides is 2. The summed E-state index contributed by atoms with van der Waals surface area (Å²) in [6.45, 7) is 5.98. The second-order valence-electron chi connectivity index (χ2n) is 8.18. The third kappa shape index (κ3) is 6.01. The predicted octanol–water partition coefficient (Wildman–Crippen LogP) is 2.44. The van der Waals surface area contributed by atoms with Gasteiger partial charge in [-0.25, -0.2) is 14.6 Å². The van der Waals surface area contributed by atoms with E-state index in [-0.39, 0.29) is 18.0 Å². The molecule has 0 unspecified atom stereocenters. The van der Waals surface area contributed by atoms with Crippen LogP contribution in [0.25, 0.3) is 0 Å². The molecule has 2 aliphatic rings. The highest BCUT2D eigenvalue weighted by atomic mass is 19.4. The maximum atomic E-state index is 12.4. The SMILES string of the molecule is CC(C)NC(=O)N1CCC[C@]2(C(=O)O)CN(c3ccccn3)C[C@@H]2C1.O=C(O)C(F)(F)F. The second-order valence-corrected chi connectivity index (χ2v) is 8.18. The molecule has 0 aromatic carbocycles. The zero-order chi connectivity index (χ0) is 24.1. The van der Waals surface area contributed by atoms with Crippen molar-refractivity contribution in [1.29, 1.82) is 0 Å². The number of carboxylic acids is 2. The Balaban J connectivity index is 0.000000451. The van der Waals surface area contributed by atoms with Crippen molar-refractivity contribution >= 4 is 23.8 Å². The second kappa shape index (κ2) is 10.0. The number of likely N-dealkylation sites (tertiary alicyclic amines) is 1. The molecule has 12 heteroatoms. The Morgan fingerprint density at radius 1 is 1.22 bits per heavy atom. The molecule has 178 valence electrons. The number of carbonyl (C=O) groups is 3. The molecule has 0 saturated carbocycles. The summed E-state index contributed by atoms with van der Waals surface area (Å²) in [4.78, 5) is 41.7. The summed E-state index contributed by atoms with van der Waals surface area (Å²) < 4.78 is 31.7. The number of hydrogen-bond donors (Lipinski definition) is 3. The molecule has 0 bridgehead atoms. The van der Waals surface area contributed by atoms with Crippen LogP contribution < -0.4 is 10.2 Å². The van der Waals surface area contributed by atoms with Crippen LogP contribution in [-0.4, -0.2) is 76.5 Å². The number of carbonyl (C=O) groups excluding carboxylic acids is 1. The van der Waals surface area contributed by atoms with Crippen LogP contribution in [0.3, 0.4) is 0 Å². The van der Waals surface area contributed by atoms with Crippen LogP contribution in [0.5, 0.6) is 0 Å². The molecule has 2 atom stereocenters. The monoisotopic (exact) mass is 460 g/mol. The average molecular weight is 460 g/mol. The summed E-state index contributed by atoms with van der Waals surface area (Å²) in [7, 11) is 0. The van der Waals surface area contributed by atoms with Crippen LogP contribution in [0.1, 0.15) is 26.7 Å². The number of halogens is 3. The summed E-state index contributed by atoms with van der Waals surface area (Å²) >= 11 is 0.